The second kappa shape index (κ2) is 8.55. The number of hydrogen-bond donors (Lipinski definition) is 3. The van der Waals surface area contributed by atoms with E-state index in [2.05, 4.69) is 15.0 Å². The predicted molar refractivity (Wildman–Crippen MR) is 117 cm³/mol. The number of nitrogens with zero attached hydrogens (tertiary/aromatic N) is 1. The first kappa shape index (κ1) is 20.5. The summed E-state index contributed by atoms with van der Waals surface area (Å²) in [4.78, 5) is 4.49. The maximum absolute atomic E-state index is 12.9. The number of sulfonamides is 1. The topological polar surface area (TPSA) is 91.3 Å². The number of aliphatic hydroxyl groups excluding tert-OH is 1. The third-order valence-corrected chi connectivity index (χ3v) is 6.88. The van der Waals surface area contributed by atoms with Crippen LogP contribution in [-0.4, -0.2) is 24.6 Å². The Morgan fingerprint density at radius 2 is 1.90 bits per heavy atom. The molecule has 1 aliphatic rings. The summed E-state index contributed by atoms with van der Waals surface area (Å²) >= 11 is 0. The first-order valence-corrected chi connectivity index (χ1v) is 11.5. The van der Waals surface area contributed by atoms with E-state index < -0.39 is 22.2 Å². The molecule has 0 spiro atoms. The van der Waals surface area contributed by atoms with Crippen molar-refractivity contribution in [3.63, 3.8) is 0 Å². The van der Waals surface area contributed by atoms with E-state index in [1.807, 2.05) is 55.5 Å². The molecule has 4 rings (SSSR count). The minimum atomic E-state index is -3.75. The van der Waals surface area contributed by atoms with Gasteiger partial charge in [-0.1, -0.05) is 31.2 Å². The lowest BCUT2D eigenvalue weighted by molar-refractivity contribution is 0.151. The maximum atomic E-state index is 12.9. The molecule has 2 unspecified atom stereocenters. The molecular formula is C23H25N3O3S. The molecular weight excluding hydrogens is 398 g/mol. The summed E-state index contributed by atoms with van der Waals surface area (Å²) in [5.41, 5.74) is 4.57. The average Bonchev–Trinajstić information content (AvgIpc) is 3.07. The van der Waals surface area contributed by atoms with E-state index in [4.69, 9.17) is 0 Å². The number of pyridine rings is 1. The Morgan fingerprint density at radius 1 is 1.10 bits per heavy atom. The van der Waals surface area contributed by atoms with Crippen LogP contribution in [0.3, 0.4) is 0 Å². The van der Waals surface area contributed by atoms with Crippen LogP contribution in [0, 0.1) is 0 Å². The van der Waals surface area contributed by atoms with Gasteiger partial charge in [-0.05, 0) is 59.5 Å². The normalized spacial score (nSPS) is 18.2. The van der Waals surface area contributed by atoms with Crippen LogP contribution in [0.1, 0.15) is 35.3 Å². The zero-order valence-corrected chi connectivity index (χ0v) is 17.6. The van der Waals surface area contributed by atoms with Crippen LogP contribution < -0.4 is 10.0 Å². The molecule has 0 saturated carbocycles. The van der Waals surface area contributed by atoms with Gasteiger partial charge < -0.3 is 10.4 Å². The van der Waals surface area contributed by atoms with Crippen LogP contribution in [0.25, 0.3) is 0 Å². The molecule has 1 aliphatic carbocycles. The molecule has 1 heterocycles. The van der Waals surface area contributed by atoms with E-state index in [0.29, 0.717) is 13.0 Å². The molecule has 2 aromatic carbocycles. The van der Waals surface area contributed by atoms with E-state index in [0.717, 1.165) is 34.5 Å². The number of rotatable bonds is 7. The third-order valence-electron chi connectivity index (χ3n) is 5.42. The van der Waals surface area contributed by atoms with Crippen LogP contribution in [0.5, 0.6) is 0 Å². The zero-order chi connectivity index (χ0) is 21.1. The lowest BCUT2D eigenvalue weighted by Crippen LogP contribution is -2.33. The van der Waals surface area contributed by atoms with Crippen molar-refractivity contribution in [2.45, 2.75) is 43.4 Å². The fourth-order valence-electron chi connectivity index (χ4n) is 3.71. The second-order valence-electron chi connectivity index (χ2n) is 7.46. The molecule has 0 radical (unpaired) electrons. The van der Waals surface area contributed by atoms with Crippen LogP contribution in [0.15, 0.2) is 71.8 Å². The Hall–Kier alpha value is -2.74. The molecule has 1 aromatic heterocycles. The second-order valence-corrected chi connectivity index (χ2v) is 9.17. The molecule has 0 bridgehead atoms. The van der Waals surface area contributed by atoms with Crippen molar-refractivity contribution in [3.8, 4) is 0 Å². The molecule has 3 N–H and O–H groups in total. The first-order chi connectivity index (χ1) is 14.5. The van der Waals surface area contributed by atoms with Crippen molar-refractivity contribution in [2.24, 2.45) is 0 Å². The van der Waals surface area contributed by atoms with Gasteiger partial charge in [0.1, 0.15) is 0 Å². The van der Waals surface area contributed by atoms with Gasteiger partial charge in [0.2, 0.25) is 10.0 Å². The zero-order valence-electron chi connectivity index (χ0n) is 16.7. The monoisotopic (exact) mass is 423 g/mol. The highest BCUT2D eigenvalue weighted by Crippen LogP contribution is 2.34. The number of aliphatic hydroxyl groups is 1. The molecule has 0 aliphatic heterocycles. The fraction of sp³-hybridized carbons (Fsp3) is 0.261. The van der Waals surface area contributed by atoms with Crippen molar-refractivity contribution in [1.29, 1.82) is 0 Å². The average molecular weight is 424 g/mol. The minimum Gasteiger partial charge on any atom is -0.391 e. The number of aryl methyl sites for hydroxylation is 1. The Balaban J connectivity index is 1.54. The molecule has 6 nitrogen and oxygen atoms in total. The number of aromatic nitrogens is 1. The van der Waals surface area contributed by atoms with Crippen molar-refractivity contribution in [3.05, 3.63) is 89.2 Å². The van der Waals surface area contributed by atoms with Crippen molar-refractivity contribution in [2.75, 3.05) is 5.32 Å². The van der Waals surface area contributed by atoms with E-state index in [1.54, 1.807) is 18.3 Å². The Labute approximate surface area is 177 Å². The molecule has 3 aromatic rings. The minimum absolute atomic E-state index is 0.199. The van der Waals surface area contributed by atoms with Crippen LogP contribution in [0.2, 0.25) is 0 Å². The third kappa shape index (κ3) is 4.38. The Bertz CT molecular complexity index is 1120. The summed E-state index contributed by atoms with van der Waals surface area (Å²) in [7, 11) is -3.75. The number of hydrogen-bond acceptors (Lipinski definition) is 5. The maximum Gasteiger partial charge on any atom is 0.241 e. The van der Waals surface area contributed by atoms with Crippen molar-refractivity contribution < 1.29 is 13.5 Å². The summed E-state index contributed by atoms with van der Waals surface area (Å²) < 4.78 is 28.5. The van der Waals surface area contributed by atoms with Gasteiger partial charge in [0.05, 0.1) is 29.3 Å². The SMILES string of the molecule is CCc1ccc(S(=O)(=O)NC2c3cc(NCc4ccccn4)ccc3CC2O)cc1. The quantitative estimate of drug-likeness (QED) is 0.543. The van der Waals surface area contributed by atoms with E-state index in [1.165, 1.54) is 0 Å². The van der Waals surface area contributed by atoms with Crippen LogP contribution in [0.4, 0.5) is 5.69 Å². The van der Waals surface area contributed by atoms with Gasteiger partial charge in [0.25, 0.3) is 0 Å². The smallest absolute Gasteiger partial charge is 0.241 e. The summed E-state index contributed by atoms with van der Waals surface area (Å²) in [5, 5.41) is 13.9. The lowest BCUT2D eigenvalue weighted by atomic mass is 10.1. The highest BCUT2D eigenvalue weighted by atomic mass is 32.2. The van der Waals surface area contributed by atoms with E-state index >= 15 is 0 Å². The molecule has 0 fully saturated rings. The molecule has 0 saturated heterocycles. The first-order valence-electron chi connectivity index (χ1n) is 10.0. The van der Waals surface area contributed by atoms with E-state index in [9.17, 15) is 13.5 Å². The summed E-state index contributed by atoms with van der Waals surface area (Å²) in [6.45, 7) is 2.58. The van der Waals surface area contributed by atoms with Crippen LogP contribution >= 0.6 is 0 Å². The molecule has 0 amide bonds. The molecule has 156 valence electrons. The summed E-state index contributed by atoms with van der Waals surface area (Å²) in [6, 6.07) is 17.7. The fourth-order valence-corrected chi connectivity index (χ4v) is 4.96. The lowest BCUT2D eigenvalue weighted by Gasteiger charge is -2.19. The molecule has 30 heavy (non-hydrogen) atoms. The van der Waals surface area contributed by atoms with Gasteiger partial charge in [-0.2, -0.15) is 0 Å². The predicted octanol–water partition coefficient (Wildman–Crippen LogP) is 3.19. The number of nitrogens with one attached hydrogen (secondary N) is 2. The largest absolute Gasteiger partial charge is 0.391 e. The van der Waals surface area contributed by atoms with Crippen LogP contribution in [-0.2, 0) is 29.4 Å². The highest BCUT2D eigenvalue weighted by molar-refractivity contribution is 7.89. The van der Waals surface area contributed by atoms with Gasteiger partial charge >= 0.3 is 0 Å². The number of anilines is 1. The highest BCUT2D eigenvalue weighted by Gasteiger charge is 2.34. The van der Waals surface area contributed by atoms with Gasteiger partial charge in [0, 0.05) is 18.3 Å². The van der Waals surface area contributed by atoms with Crippen molar-refractivity contribution in [1.82, 2.24) is 9.71 Å². The summed E-state index contributed by atoms with van der Waals surface area (Å²) in [6.07, 6.45) is 2.19. The molecule has 7 heteroatoms. The van der Waals surface area contributed by atoms with E-state index in [-0.39, 0.29) is 4.90 Å². The number of fused-ring (bicyclic) bond motifs is 1. The Morgan fingerprint density at radius 3 is 2.60 bits per heavy atom. The van der Waals surface area contributed by atoms with Crippen molar-refractivity contribution >= 4 is 15.7 Å². The number of benzene rings is 2. The standard InChI is InChI=1S/C23H25N3O3S/c1-2-16-6-10-20(11-7-16)30(28,29)26-23-21-14-18(9-8-17(21)13-22(23)27)25-15-19-5-3-4-12-24-19/h3-12,14,22-23,25-27H,2,13,15H2,1H3. The van der Waals surface area contributed by atoms with Gasteiger partial charge in [0.15, 0.2) is 0 Å². The molecule has 2 atom stereocenters. The summed E-state index contributed by atoms with van der Waals surface area (Å²) in [5.74, 6) is 0. The van der Waals surface area contributed by atoms with Gasteiger partial charge in [-0.15, -0.1) is 0 Å². The Kier molecular flexibility index (Phi) is 5.85. The van der Waals surface area contributed by atoms with Gasteiger partial charge in [-0.3, -0.25) is 4.98 Å². The van der Waals surface area contributed by atoms with Gasteiger partial charge in [-0.25, -0.2) is 13.1 Å².